The largest absolute Gasteiger partial charge is 0.507 e. The van der Waals surface area contributed by atoms with E-state index in [4.69, 9.17) is 16.0 Å². The number of benzene rings is 1. The quantitative estimate of drug-likeness (QED) is 0.581. The smallest absolute Gasteiger partial charge is 0.285 e. The van der Waals surface area contributed by atoms with Gasteiger partial charge < -0.3 is 9.52 Å². The standard InChI is InChI=1S/C16H10ClN3O3/c1-8-13-15(14-10(21)3-2-4-11(14)23-8)19-20(16(13)22)12-6-5-9(17)7-18-12/h2-7,21H,1H3. The Morgan fingerprint density at radius 1 is 1.26 bits per heavy atom. The number of fused-ring (bicyclic) bond motifs is 3. The van der Waals surface area contributed by atoms with Crippen molar-refractivity contribution in [3.63, 3.8) is 0 Å². The molecule has 2 aliphatic rings. The number of hydrogen-bond donors (Lipinski definition) is 1. The van der Waals surface area contributed by atoms with Gasteiger partial charge >= 0.3 is 0 Å². The van der Waals surface area contributed by atoms with Crippen LogP contribution in [0.1, 0.15) is 5.76 Å². The van der Waals surface area contributed by atoms with Gasteiger partial charge in [-0.15, -0.1) is 0 Å². The van der Waals surface area contributed by atoms with E-state index in [1.54, 1.807) is 31.2 Å². The molecular formula is C16H10ClN3O3. The third-order valence-corrected chi connectivity index (χ3v) is 3.85. The fourth-order valence-corrected chi connectivity index (χ4v) is 2.71. The predicted octanol–water partition coefficient (Wildman–Crippen LogP) is 3.15. The Morgan fingerprint density at radius 3 is 2.83 bits per heavy atom. The lowest BCUT2D eigenvalue weighted by Gasteiger charge is -2.06. The summed E-state index contributed by atoms with van der Waals surface area (Å²) in [6, 6.07) is 8.14. The maximum absolute atomic E-state index is 12.7. The van der Waals surface area contributed by atoms with E-state index < -0.39 is 0 Å². The van der Waals surface area contributed by atoms with E-state index in [9.17, 15) is 9.90 Å². The van der Waals surface area contributed by atoms with E-state index in [2.05, 4.69) is 10.1 Å². The summed E-state index contributed by atoms with van der Waals surface area (Å²) >= 11 is 5.82. The van der Waals surface area contributed by atoms with Gasteiger partial charge in [-0.1, -0.05) is 17.7 Å². The highest BCUT2D eigenvalue weighted by molar-refractivity contribution is 6.30. The fourth-order valence-electron chi connectivity index (χ4n) is 2.60. The Morgan fingerprint density at radius 2 is 2.09 bits per heavy atom. The predicted molar refractivity (Wildman–Crippen MR) is 85.4 cm³/mol. The second-order valence-corrected chi connectivity index (χ2v) is 5.52. The highest BCUT2D eigenvalue weighted by atomic mass is 35.5. The Kier molecular flexibility index (Phi) is 2.89. The van der Waals surface area contributed by atoms with Crippen LogP contribution in [0.25, 0.3) is 28.0 Å². The molecule has 2 aliphatic heterocycles. The maximum Gasteiger partial charge on any atom is 0.285 e. The normalized spacial score (nSPS) is 11.4. The number of aromatic nitrogens is 3. The van der Waals surface area contributed by atoms with E-state index in [-0.39, 0.29) is 11.3 Å². The van der Waals surface area contributed by atoms with Crippen LogP contribution in [0, 0.1) is 6.92 Å². The first-order chi connectivity index (χ1) is 11.1. The summed E-state index contributed by atoms with van der Waals surface area (Å²) in [5.41, 5.74) is 0.796. The minimum atomic E-state index is -0.360. The average molecular weight is 328 g/mol. The van der Waals surface area contributed by atoms with E-state index >= 15 is 0 Å². The molecule has 23 heavy (non-hydrogen) atoms. The topological polar surface area (TPSA) is 81.2 Å². The van der Waals surface area contributed by atoms with Gasteiger partial charge in [0.2, 0.25) is 0 Å². The number of halogens is 1. The molecule has 0 bridgehead atoms. The van der Waals surface area contributed by atoms with Crippen molar-refractivity contribution in [1.82, 2.24) is 14.8 Å². The number of aromatic hydroxyl groups is 1. The van der Waals surface area contributed by atoms with Crippen molar-refractivity contribution in [2.45, 2.75) is 6.92 Å². The molecule has 0 atom stereocenters. The zero-order valence-corrected chi connectivity index (χ0v) is 12.7. The maximum atomic E-state index is 12.7. The first-order valence-corrected chi connectivity index (χ1v) is 7.20. The van der Waals surface area contributed by atoms with Crippen molar-refractivity contribution in [3.8, 4) is 22.8 Å². The molecule has 1 aromatic heterocycles. The number of pyridine rings is 1. The van der Waals surface area contributed by atoms with Crippen LogP contribution in [0.3, 0.4) is 0 Å². The molecule has 0 radical (unpaired) electrons. The third-order valence-electron chi connectivity index (χ3n) is 3.63. The molecule has 0 unspecified atom stereocenters. The minimum Gasteiger partial charge on any atom is -0.507 e. The number of aryl methyl sites for hydroxylation is 1. The van der Waals surface area contributed by atoms with Crippen LogP contribution in [0.4, 0.5) is 0 Å². The van der Waals surface area contributed by atoms with Crippen LogP contribution in [0.5, 0.6) is 5.75 Å². The molecule has 7 heteroatoms. The molecule has 3 heterocycles. The first-order valence-electron chi connectivity index (χ1n) is 6.82. The van der Waals surface area contributed by atoms with Crippen molar-refractivity contribution in [2.24, 2.45) is 0 Å². The van der Waals surface area contributed by atoms with Crippen LogP contribution < -0.4 is 5.56 Å². The average Bonchev–Trinajstić information content (AvgIpc) is 2.86. The summed E-state index contributed by atoms with van der Waals surface area (Å²) in [6.07, 6.45) is 1.44. The van der Waals surface area contributed by atoms with Crippen LogP contribution in [0.2, 0.25) is 5.02 Å². The van der Waals surface area contributed by atoms with E-state index in [1.165, 1.54) is 16.9 Å². The molecule has 4 rings (SSSR count). The summed E-state index contributed by atoms with van der Waals surface area (Å²) in [4.78, 5) is 16.8. The molecule has 2 aromatic rings. The number of nitrogens with zero attached hydrogens (tertiary/aromatic N) is 3. The molecule has 0 spiro atoms. The second-order valence-electron chi connectivity index (χ2n) is 5.08. The van der Waals surface area contributed by atoms with Gasteiger partial charge in [0.05, 0.1) is 10.4 Å². The number of rotatable bonds is 1. The van der Waals surface area contributed by atoms with Crippen molar-refractivity contribution >= 4 is 22.6 Å². The number of hydrogen-bond acceptors (Lipinski definition) is 5. The SMILES string of the molecule is Cc1oc2cccc(O)c2c2nn(-c3ccc(Cl)cn3)c(=O)c1-2. The third kappa shape index (κ3) is 1.99. The number of phenolic OH excluding ortho intramolecular Hbond substituents is 1. The molecule has 0 amide bonds. The van der Waals surface area contributed by atoms with Crippen LogP contribution in [0.15, 0.2) is 45.7 Å². The van der Waals surface area contributed by atoms with E-state index in [0.29, 0.717) is 38.8 Å². The monoisotopic (exact) mass is 327 g/mol. The van der Waals surface area contributed by atoms with Crippen molar-refractivity contribution < 1.29 is 9.52 Å². The van der Waals surface area contributed by atoms with Crippen molar-refractivity contribution in [1.29, 1.82) is 0 Å². The summed E-state index contributed by atoms with van der Waals surface area (Å²) in [6.45, 7) is 1.69. The van der Waals surface area contributed by atoms with Gasteiger partial charge in [-0.2, -0.15) is 9.78 Å². The Labute approximate surface area is 134 Å². The summed E-state index contributed by atoms with van der Waals surface area (Å²) in [5, 5.41) is 15.3. The highest BCUT2D eigenvalue weighted by Crippen LogP contribution is 2.36. The molecule has 1 aromatic carbocycles. The molecule has 6 nitrogen and oxygen atoms in total. The molecule has 0 fully saturated rings. The summed E-state index contributed by atoms with van der Waals surface area (Å²) < 4.78 is 6.83. The van der Waals surface area contributed by atoms with Gasteiger partial charge in [-0.3, -0.25) is 4.79 Å². The highest BCUT2D eigenvalue weighted by Gasteiger charge is 2.25. The van der Waals surface area contributed by atoms with E-state index in [0.717, 1.165) is 0 Å². The molecule has 114 valence electrons. The van der Waals surface area contributed by atoms with Gasteiger partial charge in [0.25, 0.3) is 5.56 Å². The molecule has 0 saturated carbocycles. The zero-order chi connectivity index (χ0) is 16.1. The zero-order valence-electron chi connectivity index (χ0n) is 11.9. The van der Waals surface area contributed by atoms with E-state index in [1.807, 2.05) is 0 Å². The van der Waals surface area contributed by atoms with Gasteiger partial charge in [-0.05, 0) is 31.2 Å². The summed E-state index contributed by atoms with van der Waals surface area (Å²) in [7, 11) is 0. The van der Waals surface area contributed by atoms with Gasteiger partial charge in [0.1, 0.15) is 28.4 Å². The Bertz CT molecular complexity index is 1070. The molecular weight excluding hydrogens is 318 g/mol. The summed E-state index contributed by atoms with van der Waals surface area (Å²) in [5.74, 6) is 0.784. The van der Waals surface area contributed by atoms with Gasteiger partial charge in [0, 0.05) is 6.20 Å². The lowest BCUT2D eigenvalue weighted by atomic mass is 10.1. The lowest BCUT2D eigenvalue weighted by molar-refractivity contribution is 0.479. The Hall–Kier alpha value is -2.86. The van der Waals surface area contributed by atoms with Crippen molar-refractivity contribution in [2.75, 3.05) is 0 Å². The lowest BCUT2D eigenvalue weighted by Crippen LogP contribution is -2.16. The number of phenols is 1. The minimum absolute atomic E-state index is 0.00460. The second kappa shape index (κ2) is 4.82. The first kappa shape index (κ1) is 13.8. The van der Waals surface area contributed by atoms with Crippen LogP contribution in [-0.2, 0) is 0 Å². The Balaban J connectivity index is 2.13. The molecule has 0 saturated heterocycles. The van der Waals surface area contributed by atoms with Crippen molar-refractivity contribution in [3.05, 3.63) is 57.7 Å². The van der Waals surface area contributed by atoms with Gasteiger partial charge in [-0.25, -0.2) is 4.98 Å². The molecule has 1 N–H and O–H groups in total. The van der Waals surface area contributed by atoms with Crippen LogP contribution >= 0.6 is 11.6 Å². The van der Waals surface area contributed by atoms with Crippen LogP contribution in [-0.4, -0.2) is 19.9 Å². The fraction of sp³-hybridized carbons (Fsp3) is 0.0625. The molecule has 0 aliphatic carbocycles. The van der Waals surface area contributed by atoms with Gasteiger partial charge in [0.15, 0.2) is 5.82 Å².